The minimum atomic E-state index is -0.369. The number of fused-ring (bicyclic) bond motifs is 1. The largest absolute Gasteiger partial charge is 0.500 e. The van der Waals surface area contributed by atoms with Crippen LogP contribution in [0.15, 0.2) is 27.5 Å². The third-order valence-electron chi connectivity index (χ3n) is 1.94. The average molecular weight is 243 g/mol. The van der Waals surface area contributed by atoms with Crippen LogP contribution in [-0.4, -0.2) is 18.7 Å². The van der Waals surface area contributed by atoms with Crippen LogP contribution in [-0.2, 0) is 9.53 Å². The number of carbonyl (C=O) groups is 1. The Morgan fingerprint density at radius 3 is 3.08 bits per heavy atom. The number of methoxy groups -OCH3 is 1. The van der Waals surface area contributed by atoms with Crippen LogP contribution in [0.1, 0.15) is 0 Å². The molecule has 4 nitrogen and oxygen atoms in total. The van der Waals surface area contributed by atoms with Crippen LogP contribution in [0.5, 0.6) is 0 Å². The zero-order valence-corrected chi connectivity index (χ0v) is 8.46. The van der Waals surface area contributed by atoms with Crippen LogP contribution < -0.4 is 5.43 Å². The van der Waals surface area contributed by atoms with Gasteiger partial charge in [-0.05, 0) is 12.2 Å². The first-order chi connectivity index (χ1) is 6.22. The van der Waals surface area contributed by atoms with Crippen molar-refractivity contribution in [2.45, 2.75) is 0 Å². The van der Waals surface area contributed by atoms with Crippen LogP contribution in [0, 0.1) is 5.92 Å². The summed E-state index contributed by atoms with van der Waals surface area (Å²) in [5, 5.41) is 3.88. The molecule has 0 aromatic carbocycles. The monoisotopic (exact) mass is 242 g/mol. The fraction of sp³-hybridized carbons (Fsp3) is 0.250. The van der Waals surface area contributed by atoms with Crippen molar-refractivity contribution >= 4 is 27.5 Å². The number of nitrogens with one attached hydrogen (secondary N) is 1. The number of halogens is 1. The minimum Gasteiger partial charge on any atom is -0.500 e. The first kappa shape index (κ1) is 8.50. The van der Waals surface area contributed by atoms with Gasteiger partial charge in [-0.15, -0.1) is 0 Å². The summed E-state index contributed by atoms with van der Waals surface area (Å²) in [5.41, 5.74) is 3.10. The van der Waals surface area contributed by atoms with Crippen LogP contribution in [0.25, 0.3) is 0 Å². The number of ether oxygens (including phenoxy) is 1. The van der Waals surface area contributed by atoms with E-state index in [9.17, 15) is 4.79 Å². The maximum Gasteiger partial charge on any atom is 0.256 e. The number of rotatable bonds is 1. The Balaban J connectivity index is 2.42. The maximum absolute atomic E-state index is 11.3. The van der Waals surface area contributed by atoms with Gasteiger partial charge in [0.1, 0.15) is 11.7 Å². The van der Waals surface area contributed by atoms with E-state index >= 15 is 0 Å². The van der Waals surface area contributed by atoms with Gasteiger partial charge in [0.25, 0.3) is 5.91 Å². The van der Waals surface area contributed by atoms with Gasteiger partial charge in [0.15, 0.2) is 0 Å². The van der Waals surface area contributed by atoms with Gasteiger partial charge in [-0.1, -0.05) is 15.9 Å². The van der Waals surface area contributed by atoms with E-state index in [0.717, 1.165) is 4.48 Å². The molecule has 1 unspecified atom stereocenters. The van der Waals surface area contributed by atoms with Crippen LogP contribution in [0.2, 0.25) is 0 Å². The number of nitrogens with zero attached hydrogens (tertiary/aromatic N) is 1. The molecule has 0 bridgehead atoms. The molecule has 0 saturated heterocycles. The van der Waals surface area contributed by atoms with E-state index in [1.807, 2.05) is 0 Å². The van der Waals surface area contributed by atoms with Crippen molar-refractivity contribution in [3.8, 4) is 0 Å². The zero-order chi connectivity index (χ0) is 9.42. The van der Waals surface area contributed by atoms with Crippen molar-refractivity contribution in [2.75, 3.05) is 7.11 Å². The van der Waals surface area contributed by atoms with Crippen LogP contribution in [0.4, 0.5) is 0 Å². The first-order valence-electron chi connectivity index (χ1n) is 3.72. The van der Waals surface area contributed by atoms with Gasteiger partial charge in [-0.3, -0.25) is 4.79 Å². The molecule has 2 aliphatic rings. The van der Waals surface area contributed by atoms with Gasteiger partial charge in [-0.2, -0.15) is 5.10 Å². The molecule has 1 N–H and O–H groups in total. The lowest BCUT2D eigenvalue weighted by Crippen LogP contribution is -2.26. The molecular formula is C8H7BrN2O2. The molecule has 0 spiro atoms. The summed E-state index contributed by atoms with van der Waals surface area (Å²) < 4.78 is 5.95. The molecule has 2 rings (SSSR count). The summed E-state index contributed by atoms with van der Waals surface area (Å²) in [6.07, 6.45) is 3.57. The first-order valence-corrected chi connectivity index (χ1v) is 4.52. The predicted molar refractivity (Wildman–Crippen MR) is 51.2 cm³/mol. The molecule has 1 amide bonds. The Morgan fingerprint density at radius 1 is 1.62 bits per heavy atom. The fourth-order valence-electron chi connectivity index (χ4n) is 1.35. The standard InChI is InChI=1S/C8H7BrN2O2/c1-13-6-3-4(9)2-5-7(6)8(12)11-10-5/h2-3,7H,1H3,(H,11,12). The molecule has 0 aromatic heterocycles. The van der Waals surface area contributed by atoms with Gasteiger partial charge in [0.2, 0.25) is 0 Å². The number of amides is 1. The van der Waals surface area contributed by atoms with E-state index in [1.165, 1.54) is 0 Å². The molecule has 0 radical (unpaired) electrons. The average Bonchev–Trinajstić information content (AvgIpc) is 2.46. The Bertz CT molecular complexity index is 357. The predicted octanol–water partition coefficient (Wildman–Crippen LogP) is 0.911. The summed E-state index contributed by atoms with van der Waals surface area (Å²) in [6, 6.07) is 0. The lowest BCUT2D eigenvalue weighted by Gasteiger charge is -2.15. The lowest BCUT2D eigenvalue weighted by molar-refractivity contribution is -0.121. The Hall–Kier alpha value is -1.10. The van der Waals surface area contributed by atoms with E-state index in [1.54, 1.807) is 19.3 Å². The van der Waals surface area contributed by atoms with E-state index in [-0.39, 0.29) is 11.8 Å². The van der Waals surface area contributed by atoms with Gasteiger partial charge in [-0.25, -0.2) is 5.43 Å². The van der Waals surface area contributed by atoms with E-state index < -0.39 is 0 Å². The Morgan fingerprint density at radius 2 is 2.38 bits per heavy atom. The molecule has 1 atom stereocenters. The summed E-state index contributed by atoms with van der Waals surface area (Å²) in [5.74, 6) is 0.105. The third-order valence-corrected chi connectivity index (χ3v) is 2.40. The number of hydrazone groups is 1. The summed E-state index contributed by atoms with van der Waals surface area (Å²) >= 11 is 3.31. The molecule has 68 valence electrons. The van der Waals surface area contributed by atoms with Crippen molar-refractivity contribution in [1.82, 2.24) is 5.43 Å². The van der Waals surface area contributed by atoms with Crippen molar-refractivity contribution in [3.63, 3.8) is 0 Å². The highest BCUT2D eigenvalue weighted by Crippen LogP contribution is 2.27. The molecule has 13 heavy (non-hydrogen) atoms. The van der Waals surface area contributed by atoms with Crippen molar-refractivity contribution in [2.24, 2.45) is 11.0 Å². The molecule has 1 aliphatic carbocycles. The molecule has 1 aliphatic heterocycles. The second-order valence-corrected chi connectivity index (χ2v) is 3.64. The Kier molecular flexibility index (Phi) is 1.95. The topological polar surface area (TPSA) is 50.7 Å². The third kappa shape index (κ3) is 1.29. The van der Waals surface area contributed by atoms with Crippen molar-refractivity contribution in [3.05, 3.63) is 22.4 Å². The zero-order valence-electron chi connectivity index (χ0n) is 6.87. The SMILES string of the molecule is COC1=CC(Br)=CC2=NNC(=O)C12. The van der Waals surface area contributed by atoms with E-state index in [0.29, 0.717) is 11.5 Å². The van der Waals surface area contributed by atoms with Crippen LogP contribution >= 0.6 is 15.9 Å². The smallest absolute Gasteiger partial charge is 0.256 e. The highest BCUT2D eigenvalue weighted by Gasteiger charge is 2.35. The lowest BCUT2D eigenvalue weighted by atomic mass is 9.97. The van der Waals surface area contributed by atoms with Crippen LogP contribution in [0.3, 0.4) is 0 Å². The van der Waals surface area contributed by atoms with Crippen molar-refractivity contribution < 1.29 is 9.53 Å². The van der Waals surface area contributed by atoms with E-state index in [2.05, 4.69) is 26.5 Å². The molecule has 0 saturated carbocycles. The highest BCUT2D eigenvalue weighted by atomic mass is 79.9. The second kappa shape index (κ2) is 2.99. The summed E-state index contributed by atoms with van der Waals surface area (Å²) in [6.45, 7) is 0. The highest BCUT2D eigenvalue weighted by molar-refractivity contribution is 9.11. The normalized spacial score (nSPS) is 25.5. The quantitative estimate of drug-likeness (QED) is 0.744. The second-order valence-electron chi connectivity index (χ2n) is 2.73. The number of carbonyl (C=O) groups excluding carboxylic acids is 1. The fourth-order valence-corrected chi connectivity index (χ4v) is 1.81. The molecule has 0 fully saturated rings. The maximum atomic E-state index is 11.3. The molecule has 5 heteroatoms. The number of hydrogen-bond donors (Lipinski definition) is 1. The van der Waals surface area contributed by atoms with Crippen molar-refractivity contribution in [1.29, 1.82) is 0 Å². The Labute approximate surface area is 83.5 Å². The number of hydrogen-bond acceptors (Lipinski definition) is 3. The van der Waals surface area contributed by atoms with Gasteiger partial charge >= 0.3 is 0 Å². The minimum absolute atomic E-state index is 0.139. The summed E-state index contributed by atoms with van der Waals surface area (Å²) in [4.78, 5) is 11.3. The number of allylic oxidation sites excluding steroid dienone is 3. The van der Waals surface area contributed by atoms with Gasteiger partial charge in [0, 0.05) is 4.48 Å². The van der Waals surface area contributed by atoms with Gasteiger partial charge in [0.05, 0.1) is 12.8 Å². The summed E-state index contributed by atoms with van der Waals surface area (Å²) in [7, 11) is 1.54. The van der Waals surface area contributed by atoms with Gasteiger partial charge < -0.3 is 4.74 Å². The van der Waals surface area contributed by atoms with E-state index in [4.69, 9.17) is 4.74 Å². The molecule has 0 aromatic rings. The molecule has 1 heterocycles. The molecular weight excluding hydrogens is 236 g/mol.